The van der Waals surface area contributed by atoms with Crippen LogP contribution < -0.4 is 15.0 Å². The number of anilines is 1. The Balaban J connectivity index is 1.51. The van der Waals surface area contributed by atoms with Gasteiger partial charge in [-0.2, -0.15) is 0 Å². The molecule has 1 aliphatic rings. The van der Waals surface area contributed by atoms with Gasteiger partial charge >= 0.3 is 0 Å². The Labute approximate surface area is 154 Å². The van der Waals surface area contributed by atoms with Crippen molar-refractivity contribution in [1.82, 2.24) is 5.32 Å². The molecule has 136 valence electrons. The highest BCUT2D eigenvalue weighted by atomic mass is 16.5. The lowest BCUT2D eigenvalue weighted by molar-refractivity contribution is -0.121. The van der Waals surface area contributed by atoms with Gasteiger partial charge in [-0.3, -0.25) is 9.59 Å². The van der Waals surface area contributed by atoms with E-state index in [4.69, 9.17) is 4.74 Å². The van der Waals surface area contributed by atoms with Crippen molar-refractivity contribution in [2.24, 2.45) is 5.92 Å². The van der Waals surface area contributed by atoms with Crippen molar-refractivity contribution in [2.75, 3.05) is 25.1 Å². The van der Waals surface area contributed by atoms with Crippen molar-refractivity contribution in [3.05, 3.63) is 59.7 Å². The lowest BCUT2D eigenvalue weighted by Crippen LogP contribution is -2.32. The monoisotopic (exact) mass is 352 g/mol. The van der Waals surface area contributed by atoms with Gasteiger partial charge in [-0.15, -0.1) is 0 Å². The molecule has 1 aliphatic heterocycles. The van der Waals surface area contributed by atoms with Crippen LogP contribution in [-0.2, 0) is 16.0 Å². The highest BCUT2D eigenvalue weighted by Crippen LogP contribution is 2.26. The van der Waals surface area contributed by atoms with Gasteiger partial charge in [0, 0.05) is 31.1 Å². The molecule has 1 heterocycles. The maximum absolute atomic E-state index is 12.3. The van der Waals surface area contributed by atoms with Crippen LogP contribution in [0, 0.1) is 12.8 Å². The predicted molar refractivity (Wildman–Crippen MR) is 101 cm³/mol. The lowest BCUT2D eigenvalue weighted by atomic mass is 10.1. The highest BCUT2D eigenvalue weighted by Gasteiger charge is 2.30. The molecule has 3 rings (SSSR count). The summed E-state index contributed by atoms with van der Waals surface area (Å²) in [5.74, 6) is 0.977. The molecule has 1 saturated heterocycles. The fraction of sp³-hybridized carbons (Fsp3) is 0.333. The van der Waals surface area contributed by atoms with E-state index in [0.29, 0.717) is 25.9 Å². The van der Waals surface area contributed by atoms with Crippen LogP contribution in [0.5, 0.6) is 5.75 Å². The molecular weight excluding hydrogens is 328 g/mol. The Morgan fingerprint density at radius 3 is 2.69 bits per heavy atom. The summed E-state index contributed by atoms with van der Waals surface area (Å²) < 4.78 is 5.15. The van der Waals surface area contributed by atoms with Gasteiger partial charge in [0.25, 0.3) is 0 Å². The number of nitrogens with one attached hydrogen (secondary N) is 1. The molecule has 1 unspecified atom stereocenters. The largest absolute Gasteiger partial charge is 0.497 e. The number of carbonyl (C=O) groups is 2. The second kappa shape index (κ2) is 8.04. The van der Waals surface area contributed by atoms with Gasteiger partial charge in [-0.1, -0.05) is 29.8 Å². The minimum absolute atomic E-state index is 0.00838. The molecule has 0 aromatic heterocycles. The van der Waals surface area contributed by atoms with Gasteiger partial charge in [-0.25, -0.2) is 0 Å². The molecule has 0 radical (unpaired) electrons. The average Bonchev–Trinajstić information content (AvgIpc) is 3.01. The standard InChI is InChI=1S/C21H24N2O3/c1-15-4-3-5-16(10-15)11-20(24)22-13-17-12-21(25)23(14-17)18-6-8-19(26-2)9-7-18/h3-10,17H,11-14H2,1-2H3,(H,22,24). The summed E-state index contributed by atoms with van der Waals surface area (Å²) in [5.41, 5.74) is 3.01. The molecule has 1 fully saturated rings. The maximum Gasteiger partial charge on any atom is 0.227 e. The Kier molecular flexibility index (Phi) is 5.56. The third kappa shape index (κ3) is 4.42. The summed E-state index contributed by atoms with van der Waals surface area (Å²) >= 11 is 0. The van der Waals surface area contributed by atoms with Gasteiger partial charge < -0.3 is 15.0 Å². The third-order valence-electron chi connectivity index (χ3n) is 4.62. The van der Waals surface area contributed by atoms with E-state index in [0.717, 1.165) is 22.6 Å². The Morgan fingerprint density at radius 1 is 1.23 bits per heavy atom. The van der Waals surface area contributed by atoms with E-state index in [9.17, 15) is 9.59 Å². The molecule has 1 N–H and O–H groups in total. The number of amides is 2. The summed E-state index contributed by atoms with van der Waals surface area (Å²) in [6, 6.07) is 15.4. The number of ether oxygens (including phenoxy) is 1. The molecule has 26 heavy (non-hydrogen) atoms. The van der Waals surface area contributed by atoms with Crippen molar-refractivity contribution in [1.29, 1.82) is 0 Å². The molecular formula is C21H24N2O3. The Morgan fingerprint density at radius 2 is 2.00 bits per heavy atom. The molecule has 2 amide bonds. The third-order valence-corrected chi connectivity index (χ3v) is 4.62. The van der Waals surface area contributed by atoms with Crippen molar-refractivity contribution in [2.45, 2.75) is 19.8 Å². The zero-order valence-electron chi connectivity index (χ0n) is 15.2. The summed E-state index contributed by atoms with van der Waals surface area (Å²) in [6.07, 6.45) is 0.821. The second-order valence-corrected chi connectivity index (χ2v) is 6.74. The normalized spacial score (nSPS) is 16.6. The summed E-state index contributed by atoms with van der Waals surface area (Å²) in [4.78, 5) is 26.2. The molecule has 2 aromatic rings. The van der Waals surface area contributed by atoms with Gasteiger partial charge in [-0.05, 0) is 36.8 Å². The lowest BCUT2D eigenvalue weighted by Gasteiger charge is -2.17. The Hall–Kier alpha value is -2.82. The van der Waals surface area contributed by atoms with E-state index in [1.54, 1.807) is 12.0 Å². The first-order valence-electron chi connectivity index (χ1n) is 8.82. The quantitative estimate of drug-likeness (QED) is 0.870. The Bertz CT molecular complexity index is 786. The molecule has 2 aromatic carbocycles. The van der Waals surface area contributed by atoms with Crippen molar-refractivity contribution >= 4 is 17.5 Å². The molecule has 5 nitrogen and oxygen atoms in total. The molecule has 0 spiro atoms. The molecule has 5 heteroatoms. The molecule has 0 aliphatic carbocycles. The summed E-state index contributed by atoms with van der Waals surface area (Å²) in [7, 11) is 1.62. The van der Waals surface area contributed by atoms with Gasteiger partial charge in [0.2, 0.25) is 11.8 Å². The van der Waals surface area contributed by atoms with E-state index >= 15 is 0 Å². The van der Waals surface area contributed by atoms with Crippen LogP contribution in [0.1, 0.15) is 17.5 Å². The predicted octanol–water partition coefficient (Wildman–Crippen LogP) is 2.72. The van der Waals surface area contributed by atoms with Gasteiger partial charge in [0.05, 0.1) is 13.5 Å². The van der Waals surface area contributed by atoms with E-state index in [-0.39, 0.29) is 17.7 Å². The van der Waals surface area contributed by atoms with Crippen LogP contribution in [-0.4, -0.2) is 32.0 Å². The smallest absolute Gasteiger partial charge is 0.227 e. The molecule has 1 atom stereocenters. The van der Waals surface area contributed by atoms with Crippen LogP contribution in [0.4, 0.5) is 5.69 Å². The zero-order valence-corrected chi connectivity index (χ0v) is 15.2. The van der Waals surface area contributed by atoms with Gasteiger partial charge in [0.15, 0.2) is 0 Å². The van der Waals surface area contributed by atoms with Crippen molar-refractivity contribution < 1.29 is 14.3 Å². The molecule has 0 bridgehead atoms. The number of nitrogens with zero attached hydrogens (tertiary/aromatic N) is 1. The van der Waals surface area contributed by atoms with E-state index in [1.807, 2.05) is 55.5 Å². The number of rotatable bonds is 6. The van der Waals surface area contributed by atoms with Crippen LogP contribution in [0.25, 0.3) is 0 Å². The van der Waals surface area contributed by atoms with E-state index in [1.165, 1.54) is 0 Å². The maximum atomic E-state index is 12.3. The molecule has 0 saturated carbocycles. The van der Waals surface area contributed by atoms with E-state index in [2.05, 4.69) is 5.32 Å². The van der Waals surface area contributed by atoms with Crippen LogP contribution in [0.2, 0.25) is 0 Å². The van der Waals surface area contributed by atoms with E-state index < -0.39 is 0 Å². The fourth-order valence-electron chi connectivity index (χ4n) is 3.26. The first-order chi connectivity index (χ1) is 12.5. The second-order valence-electron chi connectivity index (χ2n) is 6.74. The number of methoxy groups -OCH3 is 1. The number of aryl methyl sites for hydroxylation is 1. The topological polar surface area (TPSA) is 58.6 Å². The average molecular weight is 352 g/mol. The van der Waals surface area contributed by atoms with Crippen molar-refractivity contribution in [3.8, 4) is 5.75 Å². The summed E-state index contributed by atoms with van der Waals surface area (Å²) in [5, 5.41) is 2.97. The number of hydrogen-bond acceptors (Lipinski definition) is 3. The first-order valence-corrected chi connectivity index (χ1v) is 8.82. The van der Waals surface area contributed by atoms with Crippen LogP contribution in [0.3, 0.4) is 0 Å². The SMILES string of the molecule is COc1ccc(N2CC(CNC(=O)Cc3cccc(C)c3)CC2=O)cc1. The zero-order chi connectivity index (χ0) is 18.5. The minimum atomic E-state index is -0.00838. The number of hydrogen-bond donors (Lipinski definition) is 1. The van der Waals surface area contributed by atoms with Crippen LogP contribution in [0.15, 0.2) is 48.5 Å². The van der Waals surface area contributed by atoms with Crippen LogP contribution >= 0.6 is 0 Å². The summed E-state index contributed by atoms with van der Waals surface area (Å²) in [6.45, 7) is 3.15. The van der Waals surface area contributed by atoms with Crippen molar-refractivity contribution in [3.63, 3.8) is 0 Å². The highest BCUT2D eigenvalue weighted by molar-refractivity contribution is 5.95. The number of benzene rings is 2. The fourth-order valence-corrected chi connectivity index (χ4v) is 3.26. The van der Waals surface area contributed by atoms with Gasteiger partial charge in [0.1, 0.15) is 5.75 Å². The first kappa shape index (κ1) is 18.0. The minimum Gasteiger partial charge on any atom is -0.497 e. The number of carbonyl (C=O) groups excluding carboxylic acids is 2.